The Kier molecular flexibility index (Phi) is 6.99. The smallest absolute Gasteiger partial charge is 0.323 e. The summed E-state index contributed by atoms with van der Waals surface area (Å²) in [6, 6.07) is 16.7. The van der Waals surface area contributed by atoms with Crippen LogP contribution in [0.2, 0.25) is 0 Å². The fourth-order valence-corrected chi connectivity index (χ4v) is 4.46. The number of hydrogen-bond donors (Lipinski definition) is 2. The summed E-state index contributed by atoms with van der Waals surface area (Å²) in [6.07, 6.45) is 0.400. The Hall–Kier alpha value is -3.72. The van der Waals surface area contributed by atoms with Crippen molar-refractivity contribution in [2.45, 2.75) is 19.8 Å². The molecule has 1 aromatic heterocycles. The van der Waals surface area contributed by atoms with Crippen molar-refractivity contribution in [1.29, 1.82) is 0 Å². The highest BCUT2D eigenvalue weighted by Crippen LogP contribution is 2.22. The number of para-hydroxylation sites is 1. The maximum Gasteiger partial charge on any atom is 0.323 e. The van der Waals surface area contributed by atoms with Gasteiger partial charge in [0.2, 0.25) is 11.8 Å². The minimum atomic E-state index is -0.192. The summed E-state index contributed by atoms with van der Waals surface area (Å²) in [5.74, 6) is -0.172. The average Bonchev–Trinajstić information content (AvgIpc) is 3.45. The third-order valence-corrected chi connectivity index (χ3v) is 6.16. The van der Waals surface area contributed by atoms with Gasteiger partial charge in [0.1, 0.15) is 0 Å². The summed E-state index contributed by atoms with van der Waals surface area (Å²) >= 11 is 1.35. The first-order valence-corrected chi connectivity index (χ1v) is 11.7. The molecule has 3 aromatic rings. The second-order valence-electron chi connectivity index (χ2n) is 7.58. The van der Waals surface area contributed by atoms with Crippen LogP contribution in [0.5, 0.6) is 0 Å². The molecule has 0 saturated carbocycles. The van der Waals surface area contributed by atoms with Crippen molar-refractivity contribution in [3.63, 3.8) is 0 Å². The molecule has 33 heavy (non-hydrogen) atoms. The highest BCUT2D eigenvalue weighted by Gasteiger charge is 2.24. The van der Waals surface area contributed by atoms with E-state index in [1.165, 1.54) is 11.3 Å². The van der Waals surface area contributed by atoms with E-state index in [4.69, 9.17) is 0 Å². The summed E-state index contributed by atoms with van der Waals surface area (Å²) in [4.78, 5) is 44.6. The number of likely N-dealkylation sites (N-methyl/N-ethyl adjacent to an activating group) is 1. The largest absolute Gasteiger partial charge is 0.336 e. The molecule has 4 amide bonds. The molecule has 0 aliphatic carbocycles. The molecule has 1 aliphatic rings. The van der Waals surface area contributed by atoms with Gasteiger partial charge in [-0.25, -0.2) is 9.78 Å². The van der Waals surface area contributed by atoms with E-state index < -0.39 is 0 Å². The van der Waals surface area contributed by atoms with Crippen molar-refractivity contribution in [1.82, 2.24) is 10.3 Å². The number of aromatic nitrogens is 1. The van der Waals surface area contributed by atoms with Crippen LogP contribution in [0.3, 0.4) is 0 Å². The van der Waals surface area contributed by atoms with Gasteiger partial charge < -0.3 is 15.5 Å². The molecular weight excluding hydrogens is 438 g/mol. The van der Waals surface area contributed by atoms with Crippen LogP contribution in [0.1, 0.15) is 18.2 Å². The zero-order chi connectivity index (χ0) is 23.2. The van der Waals surface area contributed by atoms with Gasteiger partial charge in [0.05, 0.1) is 18.5 Å². The number of urea groups is 1. The molecule has 2 N–H and O–H groups in total. The van der Waals surface area contributed by atoms with Gasteiger partial charge >= 0.3 is 6.03 Å². The van der Waals surface area contributed by atoms with Crippen LogP contribution in [-0.2, 0) is 22.4 Å². The lowest BCUT2D eigenvalue weighted by Crippen LogP contribution is -2.31. The molecule has 0 radical (unpaired) electrons. The van der Waals surface area contributed by atoms with Gasteiger partial charge in [-0.2, -0.15) is 0 Å². The van der Waals surface area contributed by atoms with Gasteiger partial charge in [-0.1, -0.05) is 30.3 Å². The molecule has 9 heteroatoms. The first kappa shape index (κ1) is 22.5. The molecule has 0 bridgehead atoms. The molecule has 2 aromatic carbocycles. The summed E-state index contributed by atoms with van der Waals surface area (Å²) in [6.45, 7) is 3.72. The van der Waals surface area contributed by atoms with E-state index in [0.29, 0.717) is 36.1 Å². The predicted molar refractivity (Wildman–Crippen MR) is 130 cm³/mol. The van der Waals surface area contributed by atoms with E-state index in [2.05, 4.69) is 15.6 Å². The Balaban J connectivity index is 1.31. The van der Waals surface area contributed by atoms with Gasteiger partial charge in [-0.05, 0) is 36.8 Å². The van der Waals surface area contributed by atoms with Crippen LogP contribution < -0.4 is 20.4 Å². The van der Waals surface area contributed by atoms with Crippen LogP contribution in [0.15, 0.2) is 60.0 Å². The molecule has 2 heterocycles. The van der Waals surface area contributed by atoms with Crippen molar-refractivity contribution in [2.24, 2.45) is 0 Å². The van der Waals surface area contributed by atoms with E-state index in [9.17, 15) is 14.4 Å². The van der Waals surface area contributed by atoms with Crippen LogP contribution in [0.25, 0.3) is 0 Å². The molecule has 1 aliphatic heterocycles. The van der Waals surface area contributed by atoms with Crippen LogP contribution in [0.4, 0.5) is 21.3 Å². The molecule has 8 nitrogen and oxygen atoms in total. The average molecular weight is 464 g/mol. The van der Waals surface area contributed by atoms with Gasteiger partial charge in [0, 0.05) is 36.4 Å². The van der Waals surface area contributed by atoms with Gasteiger partial charge in [0.25, 0.3) is 0 Å². The molecular formula is C24H25N5O3S. The first-order chi connectivity index (χ1) is 16.0. The van der Waals surface area contributed by atoms with E-state index in [1.807, 2.05) is 49.4 Å². The summed E-state index contributed by atoms with van der Waals surface area (Å²) < 4.78 is 0. The molecule has 1 fully saturated rings. The summed E-state index contributed by atoms with van der Waals surface area (Å²) in [7, 11) is 0. The number of thiazole rings is 1. The number of carbonyl (C=O) groups is 3. The Morgan fingerprint density at radius 2 is 1.88 bits per heavy atom. The lowest BCUT2D eigenvalue weighted by Gasteiger charge is -2.21. The van der Waals surface area contributed by atoms with Crippen molar-refractivity contribution in [3.05, 3.63) is 71.2 Å². The van der Waals surface area contributed by atoms with E-state index in [1.54, 1.807) is 27.3 Å². The Morgan fingerprint density at radius 1 is 1.12 bits per heavy atom. The lowest BCUT2D eigenvalue weighted by molar-refractivity contribution is -0.118. The number of rotatable bonds is 8. The zero-order valence-electron chi connectivity index (χ0n) is 18.3. The summed E-state index contributed by atoms with van der Waals surface area (Å²) in [5, 5.41) is 7.98. The van der Waals surface area contributed by atoms with Gasteiger partial charge in [-0.3, -0.25) is 14.5 Å². The number of anilines is 3. The molecule has 1 saturated heterocycles. The quantitative estimate of drug-likeness (QED) is 0.535. The van der Waals surface area contributed by atoms with Crippen LogP contribution in [0, 0.1) is 0 Å². The Morgan fingerprint density at radius 3 is 2.55 bits per heavy atom. The number of nitrogens with one attached hydrogen (secondary N) is 2. The molecule has 0 unspecified atom stereocenters. The standard InChI is InChI=1S/C24H25N5O3S/c1-2-28(20-6-4-3-5-7-20)22(31)14-17-8-10-18(11-9-17)26-21(30)15-19-16-33-24(27-19)29-13-12-25-23(29)32/h3-11,16H,2,12-15H2,1H3,(H,25,32)(H,26,30). The summed E-state index contributed by atoms with van der Waals surface area (Å²) in [5.41, 5.74) is 3.03. The normalized spacial score (nSPS) is 13.0. The monoisotopic (exact) mass is 463 g/mol. The highest BCUT2D eigenvalue weighted by atomic mass is 32.1. The van der Waals surface area contributed by atoms with E-state index in [0.717, 1.165) is 11.3 Å². The second kappa shape index (κ2) is 10.3. The number of amides is 4. The molecule has 170 valence electrons. The number of hydrogen-bond acceptors (Lipinski definition) is 5. The van der Waals surface area contributed by atoms with Crippen molar-refractivity contribution in [3.8, 4) is 0 Å². The third-order valence-electron chi connectivity index (χ3n) is 5.25. The fourth-order valence-electron chi connectivity index (χ4n) is 3.61. The number of carbonyl (C=O) groups excluding carboxylic acids is 3. The second-order valence-corrected chi connectivity index (χ2v) is 8.41. The maximum atomic E-state index is 12.7. The predicted octanol–water partition coefficient (Wildman–Crippen LogP) is 3.45. The number of benzene rings is 2. The minimum absolute atomic E-state index is 0.0199. The Labute approximate surface area is 196 Å². The minimum Gasteiger partial charge on any atom is -0.336 e. The van der Waals surface area contributed by atoms with Crippen LogP contribution >= 0.6 is 11.3 Å². The Bertz CT molecular complexity index is 1130. The fraction of sp³-hybridized carbons (Fsp3) is 0.250. The lowest BCUT2D eigenvalue weighted by atomic mass is 10.1. The van der Waals surface area contributed by atoms with Gasteiger partial charge in [-0.15, -0.1) is 11.3 Å². The number of nitrogens with zero attached hydrogens (tertiary/aromatic N) is 3. The van der Waals surface area contributed by atoms with Crippen molar-refractivity contribution >= 4 is 45.7 Å². The molecule has 0 spiro atoms. The van der Waals surface area contributed by atoms with E-state index >= 15 is 0 Å². The third kappa shape index (κ3) is 5.56. The maximum absolute atomic E-state index is 12.7. The van der Waals surface area contributed by atoms with Crippen LogP contribution in [-0.4, -0.2) is 42.5 Å². The first-order valence-electron chi connectivity index (χ1n) is 10.8. The van der Waals surface area contributed by atoms with Gasteiger partial charge in [0.15, 0.2) is 5.13 Å². The van der Waals surface area contributed by atoms with E-state index in [-0.39, 0.29) is 30.7 Å². The topological polar surface area (TPSA) is 94.6 Å². The van der Waals surface area contributed by atoms with Crippen molar-refractivity contribution < 1.29 is 14.4 Å². The highest BCUT2D eigenvalue weighted by molar-refractivity contribution is 7.14. The molecule has 4 rings (SSSR count). The van der Waals surface area contributed by atoms with Crippen molar-refractivity contribution in [2.75, 3.05) is 34.8 Å². The molecule has 0 atom stereocenters. The SMILES string of the molecule is CCN(C(=O)Cc1ccc(NC(=O)Cc2csc(N3CCNC3=O)n2)cc1)c1ccccc1. The zero-order valence-corrected chi connectivity index (χ0v) is 19.1.